The summed E-state index contributed by atoms with van der Waals surface area (Å²) >= 11 is 0. The molecule has 3 rings (SSSR count). The number of rotatable bonds is 1. The highest BCUT2D eigenvalue weighted by molar-refractivity contribution is 6.04. The monoisotopic (exact) mass is 277 g/mol. The van der Waals surface area contributed by atoms with Gasteiger partial charge in [-0.1, -0.05) is 6.42 Å². The molecule has 0 radical (unpaired) electrons. The van der Waals surface area contributed by atoms with Crippen molar-refractivity contribution in [3.8, 4) is 0 Å². The van der Waals surface area contributed by atoms with Gasteiger partial charge in [-0.3, -0.25) is 0 Å². The summed E-state index contributed by atoms with van der Waals surface area (Å²) in [7, 11) is 0. The van der Waals surface area contributed by atoms with Crippen LogP contribution in [0.15, 0.2) is 12.1 Å². The number of aromatic carboxylic acids is 1. The fourth-order valence-corrected chi connectivity index (χ4v) is 2.87. The standard InChI is InChI=1S/C15H13F2NO2/c16-8-6-10-13(15(19)20)9-4-2-1-3-5-12(9)18-14(10)11(17)7-8/h6-7H,1-5H2,(H,19,20). The molecule has 0 atom stereocenters. The van der Waals surface area contributed by atoms with E-state index >= 15 is 0 Å². The van der Waals surface area contributed by atoms with E-state index in [9.17, 15) is 18.7 Å². The van der Waals surface area contributed by atoms with Crippen LogP contribution in [-0.4, -0.2) is 16.1 Å². The second kappa shape index (κ2) is 4.81. The van der Waals surface area contributed by atoms with E-state index in [1.54, 1.807) is 0 Å². The Labute approximate surface area is 114 Å². The number of halogens is 2. The van der Waals surface area contributed by atoms with Gasteiger partial charge in [0, 0.05) is 17.1 Å². The molecule has 0 fully saturated rings. The number of fused-ring (bicyclic) bond motifs is 2. The van der Waals surface area contributed by atoms with Crippen LogP contribution in [-0.2, 0) is 12.8 Å². The lowest BCUT2D eigenvalue weighted by molar-refractivity contribution is 0.0697. The van der Waals surface area contributed by atoms with Crippen LogP contribution in [0.25, 0.3) is 10.9 Å². The van der Waals surface area contributed by atoms with Gasteiger partial charge in [0.2, 0.25) is 0 Å². The van der Waals surface area contributed by atoms with E-state index in [4.69, 9.17) is 0 Å². The van der Waals surface area contributed by atoms with Crippen LogP contribution in [0.5, 0.6) is 0 Å². The van der Waals surface area contributed by atoms with E-state index in [-0.39, 0.29) is 16.5 Å². The number of pyridine rings is 1. The zero-order valence-corrected chi connectivity index (χ0v) is 10.7. The Balaban J connectivity index is 2.42. The molecule has 1 N–H and O–H groups in total. The Kier molecular flexibility index (Phi) is 3.12. The normalized spacial score (nSPS) is 14.9. The Morgan fingerprint density at radius 2 is 1.90 bits per heavy atom. The van der Waals surface area contributed by atoms with Crippen LogP contribution in [0, 0.1) is 11.6 Å². The summed E-state index contributed by atoms with van der Waals surface area (Å²) in [5.74, 6) is -2.75. The summed E-state index contributed by atoms with van der Waals surface area (Å²) in [5.41, 5.74) is 1.22. The first kappa shape index (κ1) is 13.0. The number of hydrogen-bond donors (Lipinski definition) is 1. The molecule has 0 spiro atoms. The molecule has 2 aromatic rings. The third-order valence-electron chi connectivity index (χ3n) is 3.75. The van der Waals surface area contributed by atoms with Gasteiger partial charge in [0.15, 0.2) is 5.82 Å². The molecule has 1 heterocycles. The highest BCUT2D eigenvalue weighted by Gasteiger charge is 2.23. The summed E-state index contributed by atoms with van der Waals surface area (Å²) in [5, 5.41) is 9.49. The summed E-state index contributed by atoms with van der Waals surface area (Å²) in [6, 6.07) is 1.80. The van der Waals surface area contributed by atoms with Gasteiger partial charge in [-0.05, 0) is 37.3 Å². The van der Waals surface area contributed by atoms with Gasteiger partial charge in [0.05, 0.1) is 5.56 Å². The van der Waals surface area contributed by atoms with Crippen molar-refractivity contribution in [1.29, 1.82) is 0 Å². The van der Waals surface area contributed by atoms with Crippen molar-refractivity contribution < 1.29 is 18.7 Å². The third kappa shape index (κ3) is 2.03. The number of aromatic nitrogens is 1. The number of hydrogen-bond acceptors (Lipinski definition) is 2. The van der Waals surface area contributed by atoms with Gasteiger partial charge in [0.25, 0.3) is 0 Å². The van der Waals surface area contributed by atoms with E-state index < -0.39 is 17.6 Å². The second-order valence-electron chi connectivity index (χ2n) is 5.06. The summed E-state index contributed by atoms with van der Waals surface area (Å²) in [4.78, 5) is 15.8. The lowest BCUT2D eigenvalue weighted by atomic mass is 9.97. The molecule has 1 aliphatic rings. The third-order valence-corrected chi connectivity index (χ3v) is 3.75. The maximum Gasteiger partial charge on any atom is 0.336 e. The average molecular weight is 277 g/mol. The van der Waals surface area contributed by atoms with E-state index in [1.165, 1.54) is 0 Å². The Bertz CT molecular complexity index is 713. The Morgan fingerprint density at radius 3 is 2.65 bits per heavy atom. The number of benzene rings is 1. The van der Waals surface area contributed by atoms with Crippen LogP contribution in [0.3, 0.4) is 0 Å². The van der Waals surface area contributed by atoms with Crippen LogP contribution in [0.2, 0.25) is 0 Å². The van der Waals surface area contributed by atoms with Crippen molar-refractivity contribution in [2.75, 3.05) is 0 Å². The van der Waals surface area contributed by atoms with Crippen molar-refractivity contribution in [3.63, 3.8) is 0 Å². The number of nitrogens with zero attached hydrogens (tertiary/aromatic N) is 1. The zero-order valence-electron chi connectivity index (χ0n) is 10.7. The van der Waals surface area contributed by atoms with Crippen molar-refractivity contribution in [1.82, 2.24) is 4.98 Å². The molecule has 0 amide bonds. The van der Waals surface area contributed by atoms with Crippen LogP contribution in [0.4, 0.5) is 8.78 Å². The van der Waals surface area contributed by atoms with Gasteiger partial charge in [-0.2, -0.15) is 0 Å². The van der Waals surface area contributed by atoms with Gasteiger partial charge in [0.1, 0.15) is 11.3 Å². The molecule has 0 bridgehead atoms. The first-order chi connectivity index (χ1) is 9.58. The van der Waals surface area contributed by atoms with Gasteiger partial charge >= 0.3 is 5.97 Å². The number of aryl methyl sites for hydroxylation is 1. The number of carboxylic acid groups (broad SMARTS) is 1. The second-order valence-corrected chi connectivity index (χ2v) is 5.06. The molecule has 104 valence electrons. The van der Waals surface area contributed by atoms with E-state index in [2.05, 4.69) is 4.98 Å². The topological polar surface area (TPSA) is 50.2 Å². The molecule has 1 aromatic heterocycles. The molecular weight excluding hydrogens is 264 g/mol. The minimum absolute atomic E-state index is 0.00491. The van der Waals surface area contributed by atoms with E-state index in [0.717, 1.165) is 31.4 Å². The Hall–Kier alpha value is -2.04. The number of carbonyl (C=O) groups is 1. The highest BCUT2D eigenvalue weighted by Crippen LogP contribution is 2.30. The summed E-state index contributed by atoms with van der Waals surface area (Å²) in [6.45, 7) is 0. The summed E-state index contributed by atoms with van der Waals surface area (Å²) < 4.78 is 27.3. The summed E-state index contributed by atoms with van der Waals surface area (Å²) in [6.07, 6.45) is 4.01. The minimum Gasteiger partial charge on any atom is -0.478 e. The lowest BCUT2D eigenvalue weighted by Crippen LogP contribution is -2.09. The maximum atomic E-state index is 13.9. The molecule has 0 unspecified atom stereocenters. The average Bonchev–Trinajstić information content (AvgIpc) is 2.60. The largest absolute Gasteiger partial charge is 0.478 e. The first-order valence-corrected chi connectivity index (χ1v) is 6.61. The van der Waals surface area contributed by atoms with Crippen LogP contribution in [0.1, 0.15) is 40.9 Å². The predicted octanol–water partition coefficient (Wildman–Crippen LogP) is 3.48. The Morgan fingerprint density at radius 1 is 1.15 bits per heavy atom. The maximum absolute atomic E-state index is 13.9. The number of carboxylic acids is 1. The van der Waals surface area contributed by atoms with Crippen molar-refractivity contribution in [2.45, 2.75) is 32.1 Å². The van der Waals surface area contributed by atoms with Crippen LogP contribution >= 0.6 is 0 Å². The highest BCUT2D eigenvalue weighted by atomic mass is 19.1. The molecule has 3 nitrogen and oxygen atoms in total. The van der Waals surface area contributed by atoms with E-state index in [0.29, 0.717) is 24.1 Å². The smallest absolute Gasteiger partial charge is 0.336 e. The molecular formula is C15H13F2NO2. The fourth-order valence-electron chi connectivity index (χ4n) is 2.87. The molecule has 0 aliphatic heterocycles. The SMILES string of the molecule is O=C(O)c1c2c(nc3c(F)cc(F)cc13)CCCCC2. The lowest BCUT2D eigenvalue weighted by Gasteiger charge is -2.13. The fraction of sp³-hybridized carbons (Fsp3) is 0.333. The minimum atomic E-state index is -1.15. The zero-order chi connectivity index (χ0) is 14.3. The first-order valence-electron chi connectivity index (χ1n) is 6.61. The molecule has 0 saturated heterocycles. The predicted molar refractivity (Wildman–Crippen MR) is 69.9 cm³/mol. The van der Waals surface area contributed by atoms with Gasteiger partial charge in [-0.25, -0.2) is 18.6 Å². The van der Waals surface area contributed by atoms with E-state index in [1.807, 2.05) is 0 Å². The molecule has 1 aromatic carbocycles. The molecule has 1 aliphatic carbocycles. The molecule has 0 saturated carbocycles. The van der Waals surface area contributed by atoms with Gasteiger partial charge < -0.3 is 5.11 Å². The molecule has 20 heavy (non-hydrogen) atoms. The quantitative estimate of drug-likeness (QED) is 0.812. The molecule has 5 heteroatoms. The van der Waals surface area contributed by atoms with Crippen molar-refractivity contribution in [2.24, 2.45) is 0 Å². The van der Waals surface area contributed by atoms with Crippen LogP contribution < -0.4 is 0 Å². The van der Waals surface area contributed by atoms with Crippen molar-refractivity contribution in [3.05, 3.63) is 40.6 Å². The van der Waals surface area contributed by atoms with Crippen molar-refractivity contribution >= 4 is 16.9 Å². The van der Waals surface area contributed by atoms with Gasteiger partial charge in [-0.15, -0.1) is 0 Å².